The molecule has 0 radical (unpaired) electrons. The van der Waals surface area contributed by atoms with Crippen LogP contribution in [0.15, 0.2) is 54.6 Å². The molecule has 3 rings (SSSR count). The van der Waals surface area contributed by atoms with E-state index >= 15 is 0 Å². The Labute approximate surface area is 199 Å². The fraction of sp³-hybridized carbons (Fsp3) is 0.125. The van der Waals surface area contributed by atoms with Gasteiger partial charge in [0.15, 0.2) is 23.0 Å². The summed E-state index contributed by atoms with van der Waals surface area (Å²) in [4.78, 5) is 33.4. The van der Waals surface area contributed by atoms with Crippen molar-refractivity contribution in [2.24, 2.45) is 0 Å². The second kappa shape index (κ2) is 10.8. The summed E-state index contributed by atoms with van der Waals surface area (Å²) in [5, 5.41) is 22.2. The van der Waals surface area contributed by atoms with E-state index in [1.54, 1.807) is 24.3 Å². The van der Waals surface area contributed by atoms with Gasteiger partial charge in [0.25, 0.3) is 11.4 Å². The summed E-state index contributed by atoms with van der Waals surface area (Å²) in [5.74, 6) is 0.597. The zero-order chi connectivity index (χ0) is 25.5. The average Bonchev–Trinajstić information content (AvgIpc) is 2.87. The summed E-state index contributed by atoms with van der Waals surface area (Å²) in [5.41, 5.74) is 0.224. The Hall–Kier alpha value is -4.93. The molecule has 11 nitrogen and oxygen atoms in total. The number of nitro benzene ring substituents is 2. The molecule has 0 bridgehead atoms. The monoisotopic (exact) mass is 480 g/mol. The van der Waals surface area contributed by atoms with Gasteiger partial charge in [0.05, 0.1) is 48.4 Å². The number of rotatable bonds is 9. The van der Waals surface area contributed by atoms with Crippen LogP contribution in [0.25, 0.3) is 12.2 Å². The van der Waals surface area contributed by atoms with Crippen LogP contribution in [0.1, 0.15) is 21.5 Å². The van der Waals surface area contributed by atoms with E-state index in [4.69, 9.17) is 18.9 Å². The number of nitro groups is 2. The second-order valence-electron chi connectivity index (χ2n) is 6.96. The molecule has 35 heavy (non-hydrogen) atoms. The quantitative estimate of drug-likeness (QED) is 0.137. The minimum Gasteiger partial charge on any atom is -0.493 e. The van der Waals surface area contributed by atoms with Crippen molar-refractivity contribution < 1.29 is 33.6 Å². The van der Waals surface area contributed by atoms with E-state index in [0.717, 1.165) is 6.07 Å². The highest BCUT2D eigenvalue weighted by Crippen LogP contribution is 2.32. The first-order chi connectivity index (χ1) is 16.8. The number of nitrogens with zero attached hydrogens (tertiary/aromatic N) is 2. The standard InChI is InChI=1S/C24H20N2O9/c1-32-20-11-8-17(13-23(20)34-3)24(27)35-21-10-5-15(12-22(21)33-2)4-6-16-7-9-18(25(28)29)14-19(16)26(30)31/h4-14H,1-3H3/b6-4+. The Balaban J connectivity index is 1.84. The third-order valence-corrected chi connectivity index (χ3v) is 4.89. The average molecular weight is 480 g/mol. The number of carbonyl (C=O) groups excluding carboxylic acids is 1. The molecule has 180 valence electrons. The van der Waals surface area contributed by atoms with E-state index in [1.165, 1.54) is 57.7 Å². The van der Waals surface area contributed by atoms with Gasteiger partial charge in [0.1, 0.15) is 0 Å². The van der Waals surface area contributed by atoms with Gasteiger partial charge in [-0.3, -0.25) is 20.2 Å². The van der Waals surface area contributed by atoms with Crippen molar-refractivity contribution in [3.8, 4) is 23.0 Å². The molecule has 0 amide bonds. The minimum absolute atomic E-state index is 0.158. The van der Waals surface area contributed by atoms with Gasteiger partial charge in [-0.1, -0.05) is 12.1 Å². The molecule has 0 aromatic heterocycles. The summed E-state index contributed by atoms with van der Waals surface area (Å²) in [6.07, 6.45) is 3.02. The molecular weight excluding hydrogens is 460 g/mol. The van der Waals surface area contributed by atoms with Gasteiger partial charge in [-0.2, -0.15) is 0 Å². The number of benzene rings is 3. The van der Waals surface area contributed by atoms with Crippen LogP contribution in [0, 0.1) is 20.2 Å². The highest BCUT2D eigenvalue weighted by molar-refractivity contribution is 5.92. The van der Waals surface area contributed by atoms with Crippen LogP contribution in [0.2, 0.25) is 0 Å². The SMILES string of the molecule is COc1ccc(C(=O)Oc2ccc(/C=C/c3ccc([N+](=O)[O-])cc3[N+](=O)[O-])cc2OC)cc1OC. The molecule has 3 aromatic rings. The van der Waals surface area contributed by atoms with Crippen LogP contribution in [0.3, 0.4) is 0 Å². The van der Waals surface area contributed by atoms with Crippen LogP contribution in [0.5, 0.6) is 23.0 Å². The van der Waals surface area contributed by atoms with Crippen molar-refractivity contribution >= 4 is 29.5 Å². The Bertz CT molecular complexity index is 1320. The predicted octanol–water partition coefficient (Wildman–Crippen LogP) is 4.92. The summed E-state index contributed by atoms with van der Waals surface area (Å²) in [6, 6.07) is 12.7. The van der Waals surface area contributed by atoms with Gasteiger partial charge in [-0.25, -0.2) is 4.79 Å². The third-order valence-electron chi connectivity index (χ3n) is 4.89. The van der Waals surface area contributed by atoms with Crippen LogP contribution in [0.4, 0.5) is 11.4 Å². The molecule has 0 aliphatic carbocycles. The highest BCUT2D eigenvalue weighted by atomic mass is 16.6. The van der Waals surface area contributed by atoms with E-state index in [2.05, 4.69) is 0 Å². The lowest BCUT2D eigenvalue weighted by Gasteiger charge is -2.12. The third kappa shape index (κ3) is 5.71. The number of esters is 1. The van der Waals surface area contributed by atoms with Gasteiger partial charge < -0.3 is 18.9 Å². The maximum absolute atomic E-state index is 12.6. The van der Waals surface area contributed by atoms with Crippen LogP contribution in [-0.4, -0.2) is 37.1 Å². The summed E-state index contributed by atoms with van der Waals surface area (Å²) in [6.45, 7) is 0. The van der Waals surface area contributed by atoms with Gasteiger partial charge in [0, 0.05) is 6.07 Å². The highest BCUT2D eigenvalue weighted by Gasteiger charge is 2.18. The first kappa shape index (κ1) is 24.7. The largest absolute Gasteiger partial charge is 0.493 e. The van der Waals surface area contributed by atoms with Crippen molar-refractivity contribution in [3.63, 3.8) is 0 Å². The molecule has 11 heteroatoms. The molecular formula is C24H20N2O9. The lowest BCUT2D eigenvalue weighted by Crippen LogP contribution is -2.09. The number of carbonyl (C=O) groups is 1. The van der Waals surface area contributed by atoms with Crippen molar-refractivity contribution in [2.45, 2.75) is 0 Å². The van der Waals surface area contributed by atoms with E-state index in [-0.39, 0.29) is 28.3 Å². The Morgan fingerprint density at radius 2 is 1.40 bits per heavy atom. The number of hydrogen-bond donors (Lipinski definition) is 0. The maximum atomic E-state index is 12.6. The van der Waals surface area contributed by atoms with Gasteiger partial charge in [-0.15, -0.1) is 0 Å². The van der Waals surface area contributed by atoms with Crippen LogP contribution in [-0.2, 0) is 0 Å². The Kier molecular flexibility index (Phi) is 7.62. The normalized spacial score (nSPS) is 10.6. The first-order valence-corrected chi connectivity index (χ1v) is 10.0. The van der Waals surface area contributed by atoms with Gasteiger partial charge in [0.2, 0.25) is 0 Å². The molecule has 0 heterocycles. The van der Waals surface area contributed by atoms with Gasteiger partial charge in [-0.05, 0) is 48.0 Å². The summed E-state index contributed by atoms with van der Waals surface area (Å²) >= 11 is 0. The number of hydrogen-bond acceptors (Lipinski definition) is 9. The van der Waals surface area contributed by atoms with Gasteiger partial charge >= 0.3 is 5.97 Å². The lowest BCUT2D eigenvalue weighted by atomic mass is 10.1. The molecule has 0 N–H and O–H groups in total. The molecule has 0 saturated carbocycles. The van der Waals surface area contributed by atoms with Crippen molar-refractivity contribution in [1.82, 2.24) is 0 Å². The number of ether oxygens (including phenoxy) is 4. The summed E-state index contributed by atoms with van der Waals surface area (Å²) in [7, 11) is 4.34. The van der Waals surface area contributed by atoms with Crippen molar-refractivity contribution in [2.75, 3.05) is 21.3 Å². The van der Waals surface area contributed by atoms with E-state index in [1.807, 2.05) is 0 Å². The smallest absolute Gasteiger partial charge is 0.343 e. The predicted molar refractivity (Wildman–Crippen MR) is 126 cm³/mol. The molecule has 0 unspecified atom stereocenters. The fourth-order valence-electron chi connectivity index (χ4n) is 3.12. The molecule has 3 aromatic carbocycles. The van der Waals surface area contributed by atoms with E-state index in [0.29, 0.717) is 17.1 Å². The zero-order valence-electron chi connectivity index (χ0n) is 18.9. The molecule has 0 spiro atoms. The first-order valence-electron chi connectivity index (χ1n) is 10.0. The molecule has 0 atom stereocenters. The minimum atomic E-state index is -0.701. The maximum Gasteiger partial charge on any atom is 0.343 e. The molecule has 0 aliphatic rings. The van der Waals surface area contributed by atoms with Crippen LogP contribution < -0.4 is 18.9 Å². The fourth-order valence-corrected chi connectivity index (χ4v) is 3.12. The lowest BCUT2D eigenvalue weighted by molar-refractivity contribution is -0.394. The Morgan fingerprint density at radius 3 is 2.03 bits per heavy atom. The number of methoxy groups -OCH3 is 3. The molecule has 0 aliphatic heterocycles. The zero-order valence-corrected chi connectivity index (χ0v) is 18.9. The topological polar surface area (TPSA) is 140 Å². The summed E-state index contributed by atoms with van der Waals surface area (Å²) < 4.78 is 21.1. The van der Waals surface area contributed by atoms with Crippen molar-refractivity contribution in [1.29, 1.82) is 0 Å². The second-order valence-corrected chi connectivity index (χ2v) is 6.96. The van der Waals surface area contributed by atoms with Crippen LogP contribution >= 0.6 is 0 Å². The molecule has 0 fully saturated rings. The number of non-ortho nitro benzene ring substituents is 1. The van der Waals surface area contributed by atoms with E-state index in [9.17, 15) is 25.0 Å². The van der Waals surface area contributed by atoms with Crippen molar-refractivity contribution in [3.05, 3.63) is 91.5 Å². The Morgan fingerprint density at radius 1 is 0.743 bits per heavy atom. The van der Waals surface area contributed by atoms with E-state index < -0.39 is 21.5 Å². The molecule has 0 saturated heterocycles.